The zero-order valence-corrected chi connectivity index (χ0v) is 10.3. The van der Waals surface area contributed by atoms with Crippen LogP contribution in [0.25, 0.3) is 0 Å². The van der Waals surface area contributed by atoms with E-state index in [4.69, 9.17) is 5.26 Å². The molecule has 2 atom stereocenters. The van der Waals surface area contributed by atoms with Gasteiger partial charge in [0.05, 0.1) is 18.1 Å². The quantitative estimate of drug-likeness (QED) is 0.866. The van der Waals surface area contributed by atoms with E-state index in [1.807, 2.05) is 25.1 Å². The second-order valence-electron chi connectivity index (χ2n) is 4.65. The lowest BCUT2D eigenvalue weighted by molar-refractivity contribution is 0.133. The maximum absolute atomic E-state index is 10.1. The molecule has 0 aromatic heterocycles. The summed E-state index contributed by atoms with van der Waals surface area (Å²) in [5.74, 6) is -0.313. The molecule has 3 nitrogen and oxygen atoms in total. The molecule has 2 unspecified atom stereocenters. The summed E-state index contributed by atoms with van der Waals surface area (Å²) in [5, 5.41) is 19.1. The normalized spacial score (nSPS) is 17.4. The van der Waals surface area contributed by atoms with E-state index >= 15 is 0 Å². The average Bonchev–Trinajstić information content (AvgIpc) is 2.72. The molecule has 3 heteroatoms. The largest absolute Gasteiger partial charge is 0.387 e. The molecule has 1 aliphatic rings. The van der Waals surface area contributed by atoms with Gasteiger partial charge in [-0.3, -0.25) is 0 Å². The number of nitriles is 1. The highest BCUT2D eigenvalue weighted by Crippen LogP contribution is 2.31. The van der Waals surface area contributed by atoms with E-state index < -0.39 is 6.10 Å². The van der Waals surface area contributed by atoms with Crippen molar-refractivity contribution in [3.63, 3.8) is 0 Å². The summed E-state index contributed by atoms with van der Waals surface area (Å²) < 4.78 is 0. The van der Waals surface area contributed by atoms with E-state index in [-0.39, 0.29) is 5.92 Å². The lowest BCUT2D eigenvalue weighted by Crippen LogP contribution is -2.12. The Labute approximate surface area is 102 Å². The van der Waals surface area contributed by atoms with Gasteiger partial charge in [0.1, 0.15) is 0 Å². The van der Waals surface area contributed by atoms with Crippen LogP contribution in [0.2, 0.25) is 0 Å². The van der Waals surface area contributed by atoms with Crippen LogP contribution < -0.4 is 4.90 Å². The summed E-state index contributed by atoms with van der Waals surface area (Å²) in [5.41, 5.74) is 3.38. The highest BCUT2D eigenvalue weighted by molar-refractivity contribution is 5.58. The Kier molecular flexibility index (Phi) is 3.35. The van der Waals surface area contributed by atoms with Gasteiger partial charge in [-0.15, -0.1) is 0 Å². The monoisotopic (exact) mass is 230 g/mol. The highest BCUT2D eigenvalue weighted by Gasteiger charge is 2.22. The summed E-state index contributed by atoms with van der Waals surface area (Å²) >= 11 is 0. The van der Waals surface area contributed by atoms with Crippen molar-refractivity contribution in [2.24, 2.45) is 5.92 Å². The Morgan fingerprint density at radius 1 is 1.53 bits per heavy atom. The summed E-state index contributed by atoms with van der Waals surface area (Å²) in [6.45, 7) is 2.96. The van der Waals surface area contributed by atoms with Crippen molar-refractivity contribution in [3.8, 4) is 6.07 Å². The van der Waals surface area contributed by atoms with E-state index in [0.29, 0.717) is 6.42 Å². The van der Waals surface area contributed by atoms with Crippen LogP contribution in [0.15, 0.2) is 18.2 Å². The predicted octanol–water partition coefficient (Wildman–Crippen LogP) is 2.26. The van der Waals surface area contributed by atoms with Gasteiger partial charge >= 0.3 is 0 Å². The Morgan fingerprint density at radius 2 is 2.29 bits per heavy atom. The molecule has 0 saturated carbocycles. The van der Waals surface area contributed by atoms with Crippen LogP contribution in [-0.2, 0) is 6.42 Å². The van der Waals surface area contributed by atoms with Gasteiger partial charge < -0.3 is 10.0 Å². The smallest absolute Gasteiger partial charge is 0.0948 e. The molecule has 90 valence electrons. The van der Waals surface area contributed by atoms with Crippen LogP contribution in [0.5, 0.6) is 0 Å². The van der Waals surface area contributed by atoms with E-state index in [9.17, 15) is 5.11 Å². The average molecular weight is 230 g/mol. The first kappa shape index (κ1) is 11.9. The third-order valence-electron chi connectivity index (χ3n) is 3.56. The SMILES string of the molecule is CCC(C#N)C(O)c1ccc2c(c1)CCN2C. The molecule has 1 N–H and O–H groups in total. The number of hydrogen-bond donors (Lipinski definition) is 1. The minimum Gasteiger partial charge on any atom is -0.387 e. The highest BCUT2D eigenvalue weighted by atomic mass is 16.3. The van der Waals surface area contributed by atoms with E-state index in [1.165, 1.54) is 11.3 Å². The van der Waals surface area contributed by atoms with Gasteiger partial charge in [0, 0.05) is 19.3 Å². The van der Waals surface area contributed by atoms with Gasteiger partial charge in [0.2, 0.25) is 0 Å². The fourth-order valence-corrected chi connectivity index (χ4v) is 2.39. The first-order valence-electron chi connectivity index (χ1n) is 6.09. The van der Waals surface area contributed by atoms with E-state index in [2.05, 4.69) is 18.0 Å². The van der Waals surface area contributed by atoms with Crippen molar-refractivity contribution in [1.82, 2.24) is 0 Å². The van der Waals surface area contributed by atoms with Crippen LogP contribution >= 0.6 is 0 Å². The van der Waals surface area contributed by atoms with E-state index in [0.717, 1.165) is 18.5 Å². The van der Waals surface area contributed by atoms with Gasteiger partial charge in [-0.1, -0.05) is 19.1 Å². The second kappa shape index (κ2) is 4.77. The summed E-state index contributed by atoms with van der Waals surface area (Å²) in [4.78, 5) is 2.22. The molecule has 1 aliphatic heterocycles. The Bertz CT molecular complexity index is 450. The number of rotatable bonds is 3. The molecule has 0 aliphatic carbocycles. The van der Waals surface area contributed by atoms with Crippen molar-refractivity contribution in [2.75, 3.05) is 18.5 Å². The molecular weight excluding hydrogens is 212 g/mol. The van der Waals surface area contributed by atoms with Crippen molar-refractivity contribution in [1.29, 1.82) is 5.26 Å². The van der Waals surface area contributed by atoms with Crippen molar-refractivity contribution in [3.05, 3.63) is 29.3 Å². The first-order valence-corrected chi connectivity index (χ1v) is 6.09. The Balaban J connectivity index is 2.27. The molecule has 0 bridgehead atoms. The molecule has 0 fully saturated rings. The number of nitrogens with zero attached hydrogens (tertiary/aromatic N) is 2. The summed E-state index contributed by atoms with van der Waals surface area (Å²) in [6, 6.07) is 8.19. The molecule has 1 aromatic carbocycles. The fourth-order valence-electron chi connectivity index (χ4n) is 2.39. The van der Waals surface area contributed by atoms with Gasteiger partial charge in [-0.05, 0) is 30.0 Å². The third kappa shape index (κ3) is 2.13. The van der Waals surface area contributed by atoms with Crippen LogP contribution in [0, 0.1) is 17.2 Å². The fraction of sp³-hybridized carbons (Fsp3) is 0.500. The Morgan fingerprint density at radius 3 is 2.94 bits per heavy atom. The number of benzene rings is 1. The zero-order chi connectivity index (χ0) is 12.4. The predicted molar refractivity (Wildman–Crippen MR) is 67.8 cm³/mol. The number of hydrogen-bond acceptors (Lipinski definition) is 3. The topological polar surface area (TPSA) is 47.3 Å². The second-order valence-corrected chi connectivity index (χ2v) is 4.65. The molecule has 17 heavy (non-hydrogen) atoms. The van der Waals surface area contributed by atoms with Crippen LogP contribution in [-0.4, -0.2) is 18.7 Å². The summed E-state index contributed by atoms with van der Waals surface area (Å²) in [6.07, 6.45) is 1.03. The Hall–Kier alpha value is -1.53. The maximum Gasteiger partial charge on any atom is 0.0948 e. The van der Waals surface area contributed by atoms with Crippen molar-refractivity contribution >= 4 is 5.69 Å². The standard InChI is InChI=1S/C14H18N2O/c1-3-10(9-15)14(17)12-4-5-13-11(8-12)6-7-16(13)2/h4-5,8,10,14,17H,3,6-7H2,1-2H3. The van der Waals surface area contributed by atoms with Crippen LogP contribution in [0.3, 0.4) is 0 Å². The van der Waals surface area contributed by atoms with Gasteiger partial charge in [-0.25, -0.2) is 0 Å². The molecule has 1 aromatic rings. The summed E-state index contributed by atoms with van der Waals surface area (Å²) in [7, 11) is 2.08. The molecular formula is C14H18N2O. The van der Waals surface area contributed by atoms with Crippen molar-refractivity contribution in [2.45, 2.75) is 25.9 Å². The number of aliphatic hydroxyl groups excluding tert-OH is 1. The minimum atomic E-state index is -0.666. The molecule has 2 rings (SSSR count). The van der Waals surface area contributed by atoms with Gasteiger partial charge in [0.25, 0.3) is 0 Å². The minimum absolute atomic E-state index is 0.313. The lowest BCUT2D eigenvalue weighted by atomic mass is 9.93. The molecule has 0 spiro atoms. The number of anilines is 1. The molecule has 0 saturated heterocycles. The molecule has 0 radical (unpaired) electrons. The maximum atomic E-state index is 10.1. The third-order valence-corrected chi connectivity index (χ3v) is 3.56. The lowest BCUT2D eigenvalue weighted by Gasteiger charge is -2.17. The van der Waals surface area contributed by atoms with E-state index in [1.54, 1.807) is 0 Å². The van der Waals surface area contributed by atoms with Crippen LogP contribution in [0.1, 0.15) is 30.6 Å². The van der Waals surface area contributed by atoms with Gasteiger partial charge in [0.15, 0.2) is 0 Å². The molecule has 0 amide bonds. The first-order chi connectivity index (χ1) is 8.17. The van der Waals surface area contributed by atoms with Crippen LogP contribution in [0.4, 0.5) is 5.69 Å². The number of aliphatic hydroxyl groups is 1. The molecule has 1 heterocycles. The number of likely N-dealkylation sites (N-methyl/N-ethyl adjacent to an activating group) is 1. The number of fused-ring (bicyclic) bond motifs is 1. The van der Waals surface area contributed by atoms with Gasteiger partial charge in [-0.2, -0.15) is 5.26 Å². The zero-order valence-electron chi connectivity index (χ0n) is 10.3. The van der Waals surface area contributed by atoms with Crippen molar-refractivity contribution < 1.29 is 5.11 Å².